The Bertz CT molecular complexity index is 1120. The highest BCUT2D eigenvalue weighted by atomic mass is 35.5. The second-order valence-electron chi connectivity index (χ2n) is 5.92. The number of nitrogens with zero attached hydrogens (tertiary/aromatic N) is 1. The van der Waals surface area contributed by atoms with E-state index in [0.29, 0.717) is 16.1 Å². The van der Waals surface area contributed by atoms with Crippen molar-refractivity contribution >= 4 is 39.1 Å². The lowest BCUT2D eigenvalue weighted by Crippen LogP contribution is -2.23. The lowest BCUT2D eigenvalue weighted by atomic mass is 10.1. The third kappa shape index (κ3) is 4.88. The first kappa shape index (κ1) is 20.3. The molecule has 0 saturated heterocycles. The van der Waals surface area contributed by atoms with Gasteiger partial charge in [-0.3, -0.25) is 9.78 Å². The molecule has 144 valence electrons. The van der Waals surface area contributed by atoms with Crippen LogP contribution in [0.1, 0.15) is 15.9 Å². The Morgan fingerprint density at radius 3 is 2.32 bits per heavy atom. The Balaban J connectivity index is 1.67. The number of rotatable bonds is 5. The summed E-state index contributed by atoms with van der Waals surface area (Å²) in [6.07, 6.45) is 1.48. The van der Waals surface area contributed by atoms with Gasteiger partial charge in [-0.2, -0.15) is 0 Å². The van der Waals surface area contributed by atoms with Crippen molar-refractivity contribution < 1.29 is 13.2 Å². The molecular weight excluding hydrogens is 421 g/mol. The molecule has 3 aromatic rings. The summed E-state index contributed by atoms with van der Waals surface area (Å²) in [5, 5.41) is 8.62. The minimum atomic E-state index is -3.83. The van der Waals surface area contributed by atoms with Crippen molar-refractivity contribution in [2.45, 2.75) is 11.4 Å². The van der Waals surface area contributed by atoms with Crippen LogP contribution in [0.3, 0.4) is 0 Å². The molecule has 0 aliphatic heterocycles. The van der Waals surface area contributed by atoms with Gasteiger partial charge in [0.05, 0.1) is 16.2 Å². The van der Waals surface area contributed by atoms with E-state index in [1.807, 2.05) is 12.1 Å². The van der Waals surface area contributed by atoms with Crippen LogP contribution >= 0.6 is 23.2 Å². The average molecular weight is 436 g/mol. The van der Waals surface area contributed by atoms with Gasteiger partial charge in [0.15, 0.2) is 0 Å². The first-order valence-corrected chi connectivity index (χ1v) is 10.4. The third-order valence-electron chi connectivity index (χ3n) is 3.96. The van der Waals surface area contributed by atoms with Gasteiger partial charge in [-0.05, 0) is 42.0 Å². The van der Waals surface area contributed by atoms with Crippen molar-refractivity contribution in [2.24, 2.45) is 5.14 Å². The van der Waals surface area contributed by atoms with Crippen LogP contribution in [0.4, 0.5) is 0 Å². The fourth-order valence-corrected chi connectivity index (χ4v) is 3.42. The molecule has 0 aliphatic rings. The number of carbonyl (C=O) groups excluding carboxylic acids is 1. The number of hydrogen-bond donors (Lipinski definition) is 2. The van der Waals surface area contributed by atoms with Crippen LogP contribution in [0.15, 0.2) is 65.7 Å². The monoisotopic (exact) mass is 435 g/mol. The molecule has 3 N–H and O–H groups in total. The van der Waals surface area contributed by atoms with Gasteiger partial charge in [-0.15, -0.1) is 0 Å². The molecule has 1 heterocycles. The Kier molecular flexibility index (Phi) is 6.00. The van der Waals surface area contributed by atoms with Gasteiger partial charge < -0.3 is 5.32 Å². The number of benzene rings is 2. The molecule has 0 spiro atoms. The van der Waals surface area contributed by atoms with Crippen LogP contribution in [0.2, 0.25) is 10.0 Å². The van der Waals surface area contributed by atoms with Crippen molar-refractivity contribution in [1.82, 2.24) is 10.3 Å². The van der Waals surface area contributed by atoms with Gasteiger partial charge in [0.1, 0.15) is 0 Å². The van der Waals surface area contributed by atoms with Crippen molar-refractivity contribution in [3.63, 3.8) is 0 Å². The first-order valence-electron chi connectivity index (χ1n) is 8.05. The summed E-state index contributed by atoms with van der Waals surface area (Å²) >= 11 is 11.9. The quantitative estimate of drug-likeness (QED) is 0.638. The van der Waals surface area contributed by atoms with Crippen LogP contribution in [-0.4, -0.2) is 19.3 Å². The van der Waals surface area contributed by atoms with E-state index >= 15 is 0 Å². The zero-order valence-corrected chi connectivity index (χ0v) is 16.7. The summed E-state index contributed by atoms with van der Waals surface area (Å²) < 4.78 is 22.7. The number of sulfonamides is 1. The van der Waals surface area contributed by atoms with E-state index in [9.17, 15) is 13.2 Å². The van der Waals surface area contributed by atoms with Crippen LogP contribution in [-0.2, 0) is 16.6 Å². The lowest BCUT2D eigenvalue weighted by molar-refractivity contribution is 0.0950. The van der Waals surface area contributed by atoms with Crippen LogP contribution < -0.4 is 10.5 Å². The third-order valence-corrected chi connectivity index (χ3v) is 5.47. The number of primary sulfonamides is 1. The Morgan fingerprint density at radius 2 is 1.75 bits per heavy atom. The number of hydrogen-bond acceptors (Lipinski definition) is 4. The Morgan fingerprint density at radius 1 is 1.04 bits per heavy atom. The molecule has 6 nitrogen and oxygen atoms in total. The van der Waals surface area contributed by atoms with E-state index < -0.39 is 10.0 Å². The van der Waals surface area contributed by atoms with Crippen LogP contribution in [0, 0.1) is 0 Å². The van der Waals surface area contributed by atoms with Crippen molar-refractivity contribution in [3.05, 3.63) is 82.0 Å². The zero-order valence-electron chi connectivity index (χ0n) is 14.4. The van der Waals surface area contributed by atoms with Gasteiger partial charge in [0, 0.05) is 28.4 Å². The molecule has 0 aliphatic carbocycles. The summed E-state index contributed by atoms with van der Waals surface area (Å²) in [6, 6.07) is 14.7. The molecule has 0 radical (unpaired) electrons. The van der Waals surface area contributed by atoms with Crippen LogP contribution in [0.25, 0.3) is 11.3 Å². The standard InChI is InChI=1S/C19H15Cl2N3O3S/c20-15-5-1-12(2-6-15)18-8-4-14(11-23-18)19(25)24-10-13-3-7-16(9-17(13)21)28(22,26)27/h1-9,11H,10H2,(H,24,25)(H2,22,26,27). The van der Waals surface area contributed by atoms with Crippen molar-refractivity contribution in [1.29, 1.82) is 0 Å². The maximum Gasteiger partial charge on any atom is 0.253 e. The summed E-state index contributed by atoms with van der Waals surface area (Å²) in [5.41, 5.74) is 2.55. The van der Waals surface area contributed by atoms with E-state index in [1.165, 1.54) is 24.4 Å². The smallest absolute Gasteiger partial charge is 0.253 e. The topological polar surface area (TPSA) is 102 Å². The molecule has 1 aromatic heterocycles. The number of amides is 1. The second kappa shape index (κ2) is 8.28. The molecule has 2 aromatic carbocycles. The van der Waals surface area contributed by atoms with E-state index in [-0.39, 0.29) is 22.4 Å². The molecular formula is C19H15Cl2N3O3S. The first-order chi connectivity index (χ1) is 13.2. The maximum absolute atomic E-state index is 12.3. The van der Waals surface area contributed by atoms with Gasteiger partial charge in [-0.25, -0.2) is 13.6 Å². The molecule has 0 unspecified atom stereocenters. The van der Waals surface area contributed by atoms with E-state index in [0.717, 1.165) is 11.3 Å². The average Bonchev–Trinajstić information content (AvgIpc) is 2.67. The number of carbonyl (C=O) groups is 1. The largest absolute Gasteiger partial charge is 0.348 e. The fraction of sp³-hybridized carbons (Fsp3) is 0.0526. The van der Waals surface area contributed by atoms with Gasteiger partial charge in [-0.1, -0.05) is 41.4 Å². The molecule has 28 heavy (non-hydrogen) atoms. The number of pyridine rings is 1. The molecule has 1 amide bonds. The Labute approximate surface area is 172 Å². The fourth-order valence-electron chi connectivity index (χ4n) is 2.45. The highest BCUT2D eigenvalue weighted by molar-refractivity contribution is 7.89. The summed E-state index contributed by atoms with van der Waals surface area (Å²) in [7, 11) is -3.83. The van der Waals surface area contributed by atoms with Crippen molar-refractivity contribution in [3.8, 4) is 11.3 Å². The van der Waals surface area contributed by atoms with Gasteiger partial charge in [0.25, 0.3) is 5.91 Å². The van der Waals surface area contributed by atoms with E-state index in [2.05, 4.69) is 10.3 Å². The summed E-state index contributed by atoms with van der Waals surface area (Å²) in [6.45, 7) is 0.126. The number of aromatic nitrogens is 1. The minimum absolute atomic E-state index is 0.0884. The summed E-state index contributed by atoms with van der Waals surface area (Å²) in [5.74, 6) is -0.332. The highest BCUT2D eigenvalue weighted by Crippen LogP contribution is 2.21. The van der Waals surface area contributed by atoms with Crippen LogP contribution in [0.5, 0.6) is 0 Å². The predicted octanol–water partition coefficient (Wildman–Crippen LogP) is 3.63. The number of halogens is 2. The van der Waals surface area contributed by atoms with Gasteiger partial charge in [0.2, 0.25) is 10.0 Å². The molecule has 9 heteroatoms. The van der Waals surface area contributed by atoms with Gasteiger partial charge >= 0.3 is 0 Å². The van der Waals surface area contributed by atoms with E-state index in [4.69, 9.17) is 28.3 Å². The molecule has 0 bridgehead atoms. The maximum atomic E-state index is 12.3. The molecule has 0 saturated carbocycles. The lowest BCUT2D eigenvalue weighted by Gasteiger charge is -2.09. The zero-order chi connectivity index (χ0) is 20.3. The summed E-state index contributed by atoms with van der Waals surface area (Å²) in [4.78, 5) is 16.5. The molecule has 0 fully saturated rings. The minimum Gasteiger partial charge on any atom is -0.348 e. The second-order valence-corrected chi connectivity index (χ2v) is 8.32. The van der Waals surface area contributed by atoms with E-state index in [1.54, 1.807) is 24.3 Å². The highest BCUT2D eigenvalue weighted by Gasteiger charge is 2.12. The Hall–Kier alpha value is -2.45. The normalized spacial score (nSPS) is 11.2. The SMILES string of the molecule is NS(=O)(=O)c1ccc(CNC(=O)c2ccc(-c3ccc(Cl)cc3)nc2)c(Cl)c1. The number of nitrogens with two attached hydrogens (primary N) is 1. The number of nitrogens with one attached hydrogen (secondary N) is 1. The predicted molar refractivity (Wildman–Crippen MR) is 109 cm³/mol. The van der Waals surface area contributed by atoms with Crippen molar-refractivity contribution in [2.75, 3.05) is 0 Å². The molecule has 3 rings (SSSR count). The molecule has 0 atom stereocenters.